The molecule has 2 N–H and O–H groups in total. The van der Waals surface area contributed by atoms with E-state index in [1.165, 1.54) is 25.1 Å². The van der Waals surface area contributed by atoms with Crippen LogP contribution in [0, 0.1) is 5.92 Å². The molecule has 3 nitrogen and oxygen atoms in total. The maximum absolute atomic E-state index is 5.66. The predicted molar refractivity (Wildman–Crippen MR) is 59.3 cm³/mol. The first-order chi connectivity index (χ1) is 6.79. The number of pyridine rings is 1. The van der Waals surface area contributed by atoms with Gasteiger partial charge in [-0.3, -0.25) is 0 Å². The van der Waals surface area contributed by atoms with E-state index in [1.807, 2.05) is 12.1 Å². The molecule has 0 spiro atoms. The highest BCUT2D eigenvalue weighted by Crippen LogP contribution is 2.31. The van der Waals surface area contributed by atoms with E-state index in [2.05, 4.69) is 16.8 Å². The van der Waals surface area contributed by atoms with E-state index in [0.29, 0.717) is 5.82 Å². The Balaban J connectivity index is 2.08. The molecule has 0 aromatic carbocycles. The van der Waals surface area contributed by atoms with E-state index in [1.54, 1.807) is 6.20 Å². The largest absolute Gasteiger partial charge is 0.384 e. The summed E-state index contributed by atoms with van der Waals surface area (Å²) in [6.07, 6.45) is 4.55. The Morgan fingerprint density at radius 1 is 1.57 bits per heavy atom. The van der Waals surface area contributed by atoms with Crippen molar-refractivity contribution >= 4 is 11.5 Å². The number of anilines is 2. The van der Waals surface area contributed by atoms with Gasteiger partial charge in [-0.2, -0.15) is 0 Å². The van der Waals surface area contributed by atoms with Crippen molar-refractivity contribution in [1.82, 2.24) is 4.98 Å². The quantitative estimate of drug-likeness (QED) is 0.790. The van der Waals surface area contributed by atoms with Crippen LogP contribution in [0.2, 0.25) is 0 Å². The number of hydrogen-bond donors (Lipinski definition) is 1. The van der Waals surface area contributed by atoms with E-state index < -0.39 is 0 Å². The minimum absolute atomic E-state index is 0.608. The van der Waals surface area contributed by atoms with Gasteiger partial charge in [0.2, 0.25) is 0 Å². The molecule has 1 aliphatic carbocycles. The second-order valence-corrected chi connectivity index (χ2v) is 3.92. The summed E-state index contributed by atoms with van der Waals surface area (Å²) in [6.45, 7) is 4.39. The third kappa shape index (κ3) is 2.16. The Labute approximate surface area is 84.9 Å². The summed E-state index contributed by atoms with van der Waals surface area (Å²) in [6, 6.07) is 3.98. The van der Waals surface area contributed by atoms with E-state index in [4.69, 9.17) is 5.73 Å². The van der Waals surface area contributed by atoms with Crippen molar-refractivity contribution in [1.29, 1.82) is 0 Å². The van der Waals surface area contributed by atoms with Crippen molar-refractivity contribution in [2.24, 2.45) is 5.92 Å². The van der Waals surface area contributed by atoms with Gasteiger partial charge in [0.15, 0.2) is 0 Å². The van der Waals surface area contributed by atoms with Crippen LogP contribution in [0.15, 0.2) is 18.3 Å². The molecule has 0 radical (unpaired) electrons. The normalized spacial score (nSPS) is 15.5. The van der Waals surface area contributed by atoms with Gasteiger partial charge in [-0.1, -0.05) is 0 Å². The van der Waals surface area contributed by atoms with Gasteiger partial charge < -0.3 is 10.6 Å². The SMILES string of the molecule is CCN(CC1CC1)c1ccnc(N)c1. The first kappa shape index (κ1) is 9.31. The fraction of sp³-hybridized carbons (Fsp3) is 0.545. The lowest BCUT2D eigenvalue weighted by Gasteiger charge is -2.22. The molecule has 0 unspecified atom stereocenters. The van der Waals surface area contributed by atoms with Crippen molar-refractivity contribution in [2.75, 3.05) is 23.7 Å². The van der Waals surface area contributed by atoms with Crippen molar-refractivity contribution in [3.05, 3.63) is 18.3 Å². The average Bonchev–Trinajstić information content (AvgIpc) is 2.98. The van der Waals surface area contributed by atoms with E-state index in [9.17, 15) is 0 Å². The number of nitrogen functional groups attached to an aromatic ring is 1. The summed E-state index contributed by atoms with van der Waals surface area (Å²) in [7, 11) is 0. The summed E-state index contributed by atoms with van der Waals surface area (Å²) in [4.78, 5) is 6.37. The van der Waals surface area contributed by atoms with E-state index >= 15 is 0 Å². The number of nitrogens with two attached hydrogens (primary N) is 1. The highest BCUT2D eigenvalue weighted by atomic mass is 15.1. The van der Waals surface area contributed by atoms with Crippen LogP contribution in [0.4, 0.5) is 11.5 Å². The third-order valence-electron chi connectivity index (χ3n) is 2.69. The molecule has 3 heteroatoms. The Kier molecular flexibility index (Phi) is 2.57. The Morgan fingerprint density at radius 3 is 2.93 bits per heavy atom. The van der Waals surface area contributed by atoms with Crippen molar-refractivity contribution in [2.45, 2.75) is 19.8 Å². The summed E-state index contributed by atoms with van der Waals surface area (Å²) < 4.78 is 0. The Morgan fingerprint density at radius 2 is 2.36 bits per heavy atom. The van der Waals surface area contributed by atoms with E-state index in [0.717, 1.165) is 12.5 Å². The summed E-state index contributed by atoms with van der Waals surface area (Å²) in [5.41, 5.74) is 6.86. The third-order valence-corrected chi connectivity index (χ3v) is 2.69. The van der Waals surface area contributed by atoms with Crippen LogP contribution in [0.25, 0.3) is 0 Å². The second-order valence-electron chi connectivity index (χ2n) is 3.92. The molecule has 76 valence electrons. The second kappa shape index (κ2) is 3.86. The van der Waals surface area contributed by atoms with Crippen LogP contribution in [-0.2, 0) is 0 Å². The molecular weight excluding hydrogens is 174 g/mol. The summed E-state index contributed by atoms with van der Waals surface area (Å²) in [5, 5.41) is 0. The average molecular weight is 191 g/mol. The standard InChI is InChI=1S/C11H17N3/c1-2-14(8-9-3-4-9)10-5-6-13-11(12)7-10/h5-7,9H,2-4,8H2,1H3,(H2,12,13). The monoisotopic (exact) mass is 191 g/mol. The van der Waals surface area contributed by atoms with Crippen LogP contribution < -0.4 is 10.6 Å². The molecule has 1 heterocycles. The molecule has 0 atom stereocenters. The van der Waals surface area contributed by atoms with Crippen LogP contribution in [0.1, 0.15) is 19.8 Å². The molecule has 0 aliphatic heterocycles. The lowest BCUT2D eigenvalue weighted by molar-refractivity contribution is 0.741. The van der Waals surface area contributed by atoms with Crippen LogP contribution >= 0.6 is 0 Å². The molecule has 1 aromatic heterocycles. The zero-order valence-corrected chi connectivity index (χ0v) is 8.61. The van der Waals surface area contributed by atoms with Gasteiger partial charge in [0.1, 0.15) is 5.82 Å². The number of aromatic nitrogens is 1. The minimum Gasteiger partial charge on any atom is -0.384 e. The fourth-order valence-electron chi connectivity index (χ4n) is 1.66. The highest BCUT2D eigenvalue weighted by Gasteiger charge is 2.23. The summed E-state index contributed by atoms with van der Waals surface area (Å²) in [5.74, 6) is 1.51. The van der Waals surface area contributed by atoms with Crippen molar-refractivity contribution in [3.8, 4) is 0 Å². The minimum atomic E-state index is 0.608. The highest BCUT2D eigenvalue weighted by molar-refractivity contribution is 5.52. The van der Waals surface area contributed by atoms with Gasteiger partial charge in [0, 0.05) is 31.0 Å². The van der Waals surface area contributed by atoms with Gasteiger partial charge in [-0.25, -0.2) is 4.98 Å². The molecule has 1 aliphatic rings. The smallest absolute Gasteiger partial charge is 0.125 e. The van der Waals surface area contributed by atoms with Crippen LogP contribution in [-0.4, -0.2) is 18.1 Å². The maximum atomic E-state index is 5.66. The number of hydrogen-bond acceptors (Lipinski definition) is 3. The molecular formula is C11H17N3. The zero-order chi connectivity index (χ0) is 9.97. The van der Waals surface area contributed by atoms with Gasteiger partial charge in [0.05, 0.1) is 0 Å². The molecule has 0 bridgehead atoms. The lowest BCUT2D eigenvalue weighted by Crippen LogP contribution is -2.25. The van der Waals surface area contributed by atoms with Crippen LogP contribution in [0.5, 0.6) is 0 Å². The van der Waals surface area contributed by atoms with Gasteiger partial charge in [-0.05, 0) is 31.7 Å². The lowest BCUT2D eigenvalue weighted by atomic mass is 10.3. The Bertz CT molecular complexity index is 307. The molecule has 1 saturated carbocycles. The topological polar surface area (TPSA) is 42.2 Å². The van der Waals surface area contributed by atoms with E-state index in [-0.39, 0.29) is 0 Å². The molecule has 14 heavy (non-hydrogen) atoms. The van der Waals surface area contributed by atoms with Gasteiger partial charge in [0.25, 0.3) is 0 Å². The summed E-state index contributed by atoms with van der Waals surface area (Å²) >= 11 is 0. The number of rotatable bonds is 4. The fourth-order valence-corrected chi connectivity index (χ4v) is 1.66. The van der Waals surface area contributed by atoms with Crippen molar-refractivity contribution < 1.29 is 0 Å². The molecule has 0 saturated heterocycles. The first-order valence-corrected chi connectivity index (χ1v) is 5.26. The molecule has 2 rings (SSSR count). The first-order valence-electron chi connectivity index (χ1n) is 5.26. The molecule has 0 amide bonds. The molecule has 1 fully saturated rings. The molecule has 1 aromatic rings. The van der Waals surface area contributed by atoms with Crippen LogP contribution in [0.3, 0.4) is 0 Å². The number of nitrogens with zero attached hydrogens (tertiary/aromatic N) is 2. The van der Waals surface area contributed by atoms with Crippen molar-refractivity contribution in [3.63, 3.8) is 0 Å². The maximum Gasteiger partial charge on any atom is 0.125 e. The Hall–Kier alpha value is -1.25. The van der Waals surface area contributed by atoms with Gasteiger partial charge >= 0.3 is 0 Å². The zero-order valence-electron chi connectivity index (χ0n) is 8.61. The van der Waals surface area contributed by atoms with Gasteiger partial charge in [-0.15, -0.1) is 0 Å². The predicted octanol–water partition coefficient (Wildman–Crippen LogP) is 1.90.